The first kappa shape index (κ1) is 12.6. The first-order valence-corrected chi connectivity index (χ1v) is 5.11. The van der Waals surface area contributed by atoms with Crippen LogP contribution in [0, 0.1) is 0 Å². The van der Waals surface area contributed by atoms with E-state index in [1.807, 2.05) is 0 Å². The van der Waals surface area contributed by atoms with E-state index in [1.54, 1.807) is 12.1 Å². The lowest BCUT2D eigenvalue weighted by Gasteiger charge is -2.07. The number of nitrogens with one attached hydrogen (secondary N) is 1. The summed E-state index contributed by atoms with van der Waals surface area (Å²) < 4.78 is 0.499. The molecule has 0 aromatic carbocycles. The zero-order valence-corrected chi connectivity index (χ0v) is 9.64. The van der Waals surface area contributed by atoms with Crippen molar-refractivity contribution in [3.8, 4) is 0 Å². The molecule has 6 nitrogen and oxygen atoms in total. The molecule has 16 heavy (non-hydrogen) atoms. The van der Waals surface area contributed by atoms with Gasteiger partial charge in [0.05, 0.1) is 6.54 Å². The van der Waals surface area contributed by atoms with Crippen molar-refractivity contribution < 1.29 is 19.8 Å². The average Bonchev–Trinajstić information content (AvgIpc) is 2.25. The Morgan fingerprint density at radius 3 is 2.75 bits per heavy atom. The van der Waals surface area contributed by atoms with Crippen LogP contribution in [0.2, 0.25) is 0 Å². The minimum Gasteiger partial charge on any atom is -0.479 e. The predicted octanol–water partition coefficient (Wildman–Crippen LogP) is 0.0194. The Morgan fingerprint density at radius 1 is 1.50 bits per heavy atom. The number of hydrogen-bond donors (Lipinski definition) is 3. The van der Waals surface area contributed by atoms with E-state index >= 15 is 0 Å². The molecule has 1 heterocycles. The molecule has 0 radical (unpaired) electrons. The summed E-state index contributed by atoms with van der Waals surface area (Å²) in [6.45, 7) is -0.359. The van der Waals surface area contributed by atoms with E-state index in [2.05, 4.69) is 26.2 Å². The molecule has 7 heteroatoms. The Hall–Kier alpha value is -1.47. The number of rotatable bonds is 4. The number of carbonyl (C=O) groups is 2. The van der Waals surface area contributed by atoms with E-state index in [0.29, 0.717) is 4.60 Å². The summed E-state index contributed by atoms with van der Waals surface area (Å²) >= 11 is 3.10. The van der Waals surface area contributed by atoms with Crippen LogP contribution in [0.25, 0.3) is 0 Å². The molecule has 0 aliphatic carbocycles. The summed E-state index contributed by atoms with van der Waals surface area (Å²) in [5.41, 5.74) is 0.145. The third-order valence-electron chi connectivity index (χ3n) is 1.69. The van der Waals surface area contributed by atoms with Gasteiger partial charge in [0.2, 0.25) is 0 Å². The Morgan fingerprint density at radius 2 is 2.19 bits per heavy atom. The number of aliphatic carboxylic acids is 1. The van der Waals surface area contributed by atoms with E-state index < -0.39 is 18.0 Å². The fourth-order valence-corrected chi connectivity index (χ4v) is 1.25. The van der Waals surface area contributed by atoms with Crippen LogP contribution < -0.4 is 5.32 Å². The molecule has 0 saturated carbocycles. The van der Waals surface area contributed by atoms with E-state index in [9.17, 15) is 9.59 Å². The molecule has 1 amide bonds. The third-order valence-corrected chi connectivity index (χ3v) is 2.13. The van der Waals surface area contributed by atoms with E-state index in [4.69, 9.17) is 10.2 Å². The average molecular weight is 289 g/mol. The minimum atomic E-state index is -1.61. The maximum absolute atomic E-state index is 11.4. The number of nitrogens with zero attached hydrogens (tertiary/aromatic N) is 1. The van der Waals surface area contributed by atoms with Crippen molar-refractivity contribution in [2.24, 2.45) is 0 Å². The molecule has 1 rings (SSSR count). The van der Waals surface area contributed by atoms with Crippen LogP contribution in [0.4, 0.5) is 0 Å². The number of carboxylic acid groups (broad SMARTS) is 1. The highest BCUT2D eigenvalue weighted by molar-refractivity contribution is 9.10. The van der Waals surface area contributed by atoms with Gasteiger partial charge >= 0.3 is 5.97 Å². The van der Waals surface area contributed by atoms with Gasteiger partial charge in [-0.25, -0.2) is 9.78 Å². The van der Waals surface area contributed by atoms with Crippen molar-refractivity contribution in [1.29, 1.82) is 0 Å². The van der Waals surface area contributed by atoms with Crippen LogP contribution >= 0.6 is 15.9 Å². The molecule has 1 aromatic heterocycles. The number of carboxylic acids is 1. The number of amides is 1. The first-order valence-electron chi connectivity index (χ1n) is 4.32. The molecular formula is C9H9BrN2O4. The van der Waals surface area contributed by atoms with Crippen LogP contribution in [0.5, 0.6) is 0 Å². The van der Waals surface area contributed by atoms with Crippen LogP contribution in [0.15, 0.2) is 22.8 Å². The van der Waals surface area contributed by atoms with Gasteiger partial charge in [-0.1, -0.05) is 6.07 Å². The fraction of sp³-hybridized carbons (Fsp3) is 0.222. The number of aliphatic hydroxyl groups excluding tert-OH is 1. The van der Waals surface area contributed by atoms with Gasteiger partial charge in [0, 0.05) is 0 Å². The van der Waals surface area contributed by atoms with Gasteiger partial charge in [-0.2, -0.15) is 0 Å². The van der Waals surface area contributed by atoms with Gasteiger partial charge in [0.15, 0.2) is 6.10 Å². The van der Waals surface area contributed by atoms with Gasteiger partial charge < -0.3 is 15.5 Å². The summed E-state index contributed by atoms with van der Waals surface area (Å²) in [5.74, 6) is -1.93. The Balaban J connectivity index is 2.56. The van der Waals surface area contributed by atoms with Crippen molar-refractivity contribution in [2.75, 3.05) is 6.54 Å². The summed E-state index contributed by atoms with van der Waals surface area (Å²) in [6, 6.07) is 4.76. The van der Waals surface area contributed by atoms with E-state index in [0.717, 1.165) is 0 Å². The Labute approximate surface area is 99.4 Å². The van der Waals surface area contributed by atoms with Crippen molar-refractivity contribution in [2.45, 2.75) is 6.10 Å². The molecule has 0 fully saturated rings. The molecule has 0 saturated heterocycles. The Bertz CT molecular complexity index is 410. The lowest BCUT2D eigenvalue weighted by molar-refractivity contribution is -0.146. The number of carbonyl (C=O) groups excluding carboxylic acids is 1. The number of aromatic nitrogens is 1. The molecule has 1 aromatic rings. The number of pyridine rings is 1. The highest BCUT2D eigenvalue weighted by atomic mass is 79.9. The molecule has 1 atom stereocenters. The summed E-state index contributed by atoms with van der Waals surface area (Å²) in [6.07, 6.45) is -1.61. The van der Waals surface area contributed by atoms with Crippen molar-refractivity contribution in [3.05, 3.63) is 28.5 Å². The van der Waals surface area contributed by atoms with E-state index in [1.165, 1.54) is 6.07 Å². The van der Waals surface area contributed by atoms with Crippen molar-refractivity contribution >= 4 is 27.8 Å². The molecule has 0 aliphatic heterocycles. The van der Waals surface area contributed by atoms with E-state index in [-0.39, 0.29) is 12.2 Å². The summed E-state index contributed by atoms with van der Waals surface area (Å²) in [5, 5.41) is 19.6. The summed E-state index contributed by atoms with van der Waals surface area (Å²) in [4.78, 5) is 25.6. The summed E-state index contributed by atoms with van der Waals surface area (Å²) in [7, 11) is 0. The molecule has 0 spiro atoms. The second-order valence-corrected chi connectivity index (χ2v) is 3.72. The number of hydrogen-bond acceptors (Lipinski definition) is 4. The van der Waals surface area contributed by atoms with Gasteiger partial charge in [-0.05, 0) is 28.1 Å². The SMILES string of the molecule is O=C(NCC(O)C(=O)O)c1cccc(Br)n1. The smallest absolute Gasteiger partial charge is 0.334 e. The van der Waals surface area contributed by atoms with Gasteiger partial charge in [0.1, 0.15) is 10.3 Å². The standard InChI is InChI=1S/C9H9BrN2O4/c10-7-3-1-2-5(12-7)8(14)11-4-6(13)9(15)16/h1-3,6,13H,4H2,(H,11,14)(H,15,16). The normalized spacial score (nSPS) is 11.9. The molecule has 86 valence electrons. The van der Waals surface area contributed by atoms with Gasteiger partial charge in [-0.3, -0.25) is 4.79 Å². The van der Waals surface area contributed by atoms with Crippen LogP contribution in [0.1, 0.15) is 10.5 Å². The third kappa shape index (κ3) is 3.59. The lowest BCUT2D eigenvalue weighted by Crippen LogP contribution is -2.36. The zero-order chi connectivity index (χ0) is 12.1. The quantitative estimate of drug-likeness (QED) is 0.679. The number of aliphatic hydroxyl groups is 1. The highest BCUT2D eigenvalue weighted by Gasteiger charge is 2.15. The molecule has 1 unspecified atom stereocenters. The molecule has 0 bridgehead atoms. The minimum absolute atomic E-state index is 0.145. The van der Waals surface area contributed by atoms with Crippen LogP contribution in [0.3, 0.4) is 0 Å². The van der Waals surface area contributed by atoms with Crippen LogP contribution in [-0.2, 0) is 4.79 Å². The molecule has 0 aliphatic rings. The maximum Gasteiger partial charge on any atom is 0.334 e. The Kier molecular flexibility index (Phi) is 4.39. The topological polar surface area (TPSA) is 99.5 Å². The fourth-order valence-electron chi connectivity index (χ4n) is 0.902. The zero-order valence-electron chi connectivity index (χ0n) is 8.05. The predicted molar refractivity (Wildman–Crippen MR) is 57.9 cm³/mol. The molecule has 3 N–H and O–H groups in total. The monoisotopic (exact) mass is 288 g/mol. The van der Waals surface area contributed by atoms with Gasteiger partial charge in [-0.15, -0.1) is 0 Å². The lowest BCUT2D eigenvalue weighted by atomic mass is 10.3. The highest BCUT2D eigenvalue weighted by Crippen LogP contribution is 2.05. The van der Waals surface area contributed by atoms with Crippen LogP contribution in [-0.4, -0.2) is 39.7 Å². The largest absolute Gasteiger partial charge is 0.479 e. The van der Waals surface area contributed by atoms with Gasteiger partial charge in [0.25, 0.3) is 5.91 Å². The second-order valence-electron chi connectivity index (χ2n) is 2.91. The first-order chi connectivity index (χ1) is 7.50. The second kappa shape index (κ2) is 5.57. The maximum atomic E-state index is 11.4. The number of halogens is 1. The van der Waals surface area contributed by atoms with Crippen molar-refractivity contribution in [1.82, 2.24) is 10.3 Å². The molecular weight excluding hydrogens is 280 g/mol. The van der Waals surface area contributed by atoms with Crippen molar-refractivity contribution in [3.63, 3.8) is 0 Å².